The van der Waals surface area contributed by atoms with Gasteiger partial charge in [-0.3, -0.25) is 4.79 Å². The van der Waals surface area contributed by atoms with Crippen molar-refractivity contribution in [3.63, 3.8) is 0 Å². The van der Waals surface area contributed by atoms with Gasteiger partial charge in [0.05, 0.1) is 22.6 Å². The molecule has 2 N–H and O–H groups in total. The van der Waals surface area contributed by atoms with Crippen molar-refractivity contribution in [1.29, 1.82) is 0 Å². The maximum Gasteiger partial charge on any atom is 0.258 e. The standard InChI is InChI=1S/C20H19FN8O/c1-12-9-29-10-13(8-15(21)19(29)25-12)26-20(30)14-2-3-16(28-6-4-22-5-7-28)18-17(14)27-24-11-23-18/h2-3,8-11,22H,4-7H2,1H3,(H,26,30). The number of hydrogen-bond donors (Lipinski definition) is 2. The summed E-state index contributed by atoms with van der Waals surface area (Å²) in [6.07, 6.45) is 4.69. The maximum atomic E-state index is 14.3. The third-order valence-corrected chi connectivity index (χ3v) is 5.11. The van der Waals surface area contributed by atoms with Gasteiger partial charge in [0.2, 0.25) is 0 Å². The summed E-state index contributed by atoms with van der Waals surface area (Å²) in [5, 5.41) is 14.1. The number of anilines is 2. The van der Waals surface area contributed by atoms with Gasteiger partial charge in [-0.05, 0) is 19.1 Å². The zero-order valence-electron chi connectivity index (χ0n) is 16.3. The Morgan fingerprint density at radius 1 is 1.20 bits per heavy atom. The van der Waals surface area contributed by atoms with Gasteiger partial charge in [-0.15, -0.1) is 10.2 Å². The molecule has 0 unspecified atom stereocenters. The lowest BCUT2D eigenvalue weighted by Gasteiger charge is -2.30. The average Bonchev–Trinajstić information content (AvgIpc) is 3.14. The molecule has 5 rings (SSSR count). The van der Waals surface area contributed by atoms with Crippen LogP contribution in [-0.2, 0) is 0 Å². The molecule has 1 aromatic carbocycles. The minimum atomic E-state index is -0.513. The van der Waals surface area contributed by atoms with Crippen LogP contribution in [0.1, 0.15) is 16.1 Å². The molecule has 4 aromatic rings. The summed E-state index contributed by atoms with van der Waals surface area (Å²) in [5.41, 5.74) is 3.49. The Labute approximate surface area is 171 Å². The summed E-state index contributed by atoms with van der Waals surface area (Å²) in [6.45, 7) is 5.22. The maximum absolute atomic E-state index is 14.3. The van der Waals surface area contributed by atoms with Crippen molar-refractivity contribution >= 4 is 34.0 Å². The molecule has 3 aromatic heterocycles. The van der Waals surface area contributed by atoms with E-state index in [1.807, 2.05) is 6.07 Å². The molecular weight excluding hydrogens is 387 g/mol. The summed E-state index contributed by atoms with van der Waals surface area (Å²) < 4.78 is 15.9. The number of benzene rings is 1. The number of aromatic nitrogens is 5. The number of nitrogens with zero attached hydrogens (tertiary/aromatic N) is 6. The van der Waals surface area contributed by atoms with E-state index < -0.39 is 11.7 Å². The fourth-order valence-corrected chi connectivity index (χ4v) is 3.75. The highest BCUT2D eigenvalue weighted by molar-refractivity contribution is 6.13. The summed E-state index contributed by atoms with van der Waals surface area (Å²) in [6, 6.07) is 4.84. The molecule has 152 valence electrons. The predicted molar refractivity (Wildman–Crippen MR) is 110 cm³/mol. The van der Waals surface area contributed by atoms with E-state index in [4.69, 9.17) is 0 Å². The van der Waals surface area contributed by atoms with Gasteiger partial charge in [-0.1, -0.05) is 0 Å². The highest BCUT2D eigenvalue weighted by Crippen LogP contribution is 2.27. The van der Waals surface area contributed by atoms with Gasteiger partial charge in [-0.2, -0.15) is 0 Å². The van der Waals surface area contributed by atoms with Crippen molar-refractivity contribution in [3.05, 3.63) is 54.0 Å². The summed E-state index contributed by atoms with van der Waals surface area (Å²) in [7, 11) is 0. The second-order valence-electron chi connectivity index (χ2n) is 7.17. The van der Waals surface area contributed by atoms with Gasteiger partial charge < -0.3 is 19.9 Å². The second-order valence-corrected chi connectivity index (χ2v) is 7.17. The number of pyridine rings is 1. The van der Waals surface area contributed by atoms with E-state index in [2.05, 4.69) is 35.7 Å². The number of imidazole rings is 1. The van der Waals surface area contributed by atoms with Gasteiger partial charge in [-0.25, -0.2) is 14.4 Å². The average molecular weight is 406 g/mol. The van der Waals surface area contributed by atoms with E-state index in [0.717, 1.165) is 31.9 Å². The number of piperazine rings is 1. The van der Waals surface area contributed by atoms with Crippen molar-refractivity contribution in [2.45, 2.75) is 6.92 Å². The number of carbonyl (C=O) groups is 1. The Hall–Kier alpha value is -3.66. The molecule has 0 aliphatic carbocycles. The van der Waals surface area contributed by atoms with Gasteiger partial charge in [0, 0.05) is 44.6 Å². The summed E-state index contributed by atoms with van der Waals surface area (Å²) >= 11 is 0. The molecule has 4 heterocycles. The fraction of sp³-hybridized carbons (Fsp3) is 0.250. The molecule has 0 saturated carbocycles. The zero-order chi connectivity index (χ0) is 20.7. The molecular formula is C20H19FN8O. The number of fused-ring (bicyclic) bond motifs is 2. The van der Waals surface area contributed by atoms with E-state index in [1.165, 1.54) is 12.4 Å². The van der Waals surface area contributed by atoms with Crippen molar-refractivity contribution < 1.29 is 9.18 Å². The van der Waals surface area contributed by atoms with E-state index in [1.54, 1.807) is 29.8 Å². The van der Waals surface area contributed by atoms with Crippen LogP contribution in [0.25, 0.3) is 16.7 Å². The fourth-order valence-electron chi connectivity index (χ4n) is 3.75. The van der Waals surface area contributed by atoms with Crippen LogP contribution in [0.2, 0.25) is 0 Å². The lowest BCUT2D eigenvalue weighted by molar-refractivity contribution is 0.102. The van der Waals surface area contributed by atoms with Crippen molar-refractivity contribution in [2.75, 3.05) is 36.4 Å². The van der Waals surface area contributed by atoms with Crippen molar-refractivity contribution in [2.24, 2.45) is 0 Å². The number of aryl methyl sites for hydroxylation is 1. The van der Waals surface area contributed by atoms with Crippen LogP contribution >= 0.6 is 0 Å². The van der Waals surface area contributed by atoms with Gasteiger partial charge in [0.15, 0.2) is 11.5 Å². The topological polar surface area (TPSA) is 100 Å². The van der Waals surface area contributed by atoms with Crippen LogP contribution < -0.4 is 15.5 Å². The molecule has 1 fully saturated rings. The SMILES string of the molecule is Cc1cn2cc(NC(=O)c3ccc(N4CCNCC4)c4ncnnc34)cc(F)c2n1. The van der Waals surface area contributed by atoms with Crippen LogP contribution in [0.5, 0.6) is 0 Å². The third-order valence-electron chi connectivity index (χ3n) is 5.11. The zero-order valence-corrected chi connectivity index (χ0v) is 16.3. The highest BCUT2D eigenvalue weighted by atomic mass is 19.1. The first-order valence-electron chi connectivity index (χ1n) is 9.62. The molecule has 1 saturated heterocycles. The van der Waals surface area contributed by atoms with Gasteiger partial charge in [0.25, 0.3) is 5.91 Å². The molecule has 1 amide bonds. The van der Waals surface area contributed by atoms with Crippen LogP contribution in [0.3, 0.4) is 0 Å². The highest BCUT2D eigenvalue weighted by Gasteiger charge is 2.20. The summed E-state index contributed by atoms with van der Waals surface area (Å²) in [5.74, 6) is -0.925. The molecule has 0 atom stereocenters. The lowest BCUT2D eigenvalue weighted by Crippen LogP contribution is -2.43. The molecule has 9 nitrogen and oxygen atoms in total. The second kappa shape index (κ2) is 7.30. The predicted octanol–water partition coefficient (Wildman–Crippen LogP) is 1.78. The molecule has 30 heavy (non-hydrogen) atoms. The molecule has 1 aliphatic heterocycles. The normalized spacial score (nSPS) is 14.4. The summed E-state index contributed by atoms with van der Waals surface area (Å²) in [4.78, 5) is 23.7. The third kappa shape index (κ3) is 3.20. The Balaban J connectivity index is 1.51. The number of halogens is 1. The Kier molecular flexibility index (Phi) is 4.47. The van der Waals surface area contributed by atoms with Crippen LogP contribution in [0, 0.1) is 12.7 Å². The Bertz CT molecular complexity index is 1260. The van der Waals surface area contributed by atoms with Crippen LogP contribution in [0.4, 0.5) is 15.8 Å². The minimum absolute atomic E-state index is 0.214. The first-order valence-corrected chi connectivity index (χ1v) is 9.62. The Morgan fingerprint density at radius 3 is 2.87 bits per heavy atom. The smallest absolute Gasteiger partial charge is 0.258 e. The first-order chi connectivity index (χ1) is 14.6. The van der Waals surface area contributed by atoms with Gasteiger partial charge in [0.1, 0.15) is 17.4 Å². The van der Waals surface area contributed by atoms with E-state index >= 15 is 0 Å². The number of carbonyl (C=O) groups excluding carboxylic acids is 1. The van der Waals surface area contributed by atoms with E-state index in [-0.39, 0.29) is 5.65 Å². The lowest BCUT2D eigenvalue weighted by atomic mass is 10.1. The number of hydrogen-bond acceptors (Lipinski definition) is 7. The molecule has 0 bridgehead atoms. The number of amides is 1. The molecule has 10 heteroatoms. The first kappa shape index (κ1) is 18.4. The molecule has 0 spiro atoms. The van der Waals surface area contributed by atoms with Crippen LogP contribution in [-0.4, -0.2) is 56.7 Å². The van der Waals surface area contributed by atoms with Gasteiger partial charge >= 0.3 is 0 Å². The largest absolute Gasteiger partial charge is 0.367 e. The van der Waals surface area contributed by atoms with Crippen LogP contribution in [0.15, 0.2) is 36.9 Å². The monoisotopic (exact) mass is 406 g/mol. The van der Waals surface area contributed by atoms with E-state index in [0.29, 0.717) is 28.0 Å². The number of nitrogens with one attached hydrogen (secondary N) is 2. The van der Waals surface area contributed by atoms with Crippen molar-refractivity contribution in [1.82, 2.24) is 29.9 Å². The Morgan fingerprint density at radius 2 is 2.03 bits per heavy atom. The number of rotatable bonds is 3. The minimum Gasteiger partial charge on any atom is -0.367 e. The molecule has 0 radical (unpaired) electrons. The van der Waals surface area contributed by atoms with E-state index in [9.17, 15) is 9.18 Å². The quantitative estimate of drug-likeness (QED) is 0.535. The molecule has 1 aliphatic rings. The van der Waals surface area contributed by atoms with Crippen molar-refractivity contribution in [3.8, 4) is 0 Å².